The van der Waals surface area contributed by atoms with Crippen LogP contribution in [0.1, 0.15) is 38.7 Å². The van der Waals surface area contributed by atoms with Gasteiger partial charge in [-0.15, -0.1) is 0 Å². The molecule has 7 nitrogen and oxygen atoms in total. The average Bonchev–Trinajstić information content (AvgIpc) is 3.06. The Morgan fingerprint density at radius 3 is 2.78 bits per heavy atom. The highest BCUT2D eigenvalue weighted by Crippen LogP contribution is 2.32. The van der Waals surface area contributed by atoms with Gasteiger partial charge >= 0.3 is 6.03 Å². The van der Waals surface area contributed by atoms with Crippen molar-refractivity contribution in [3.8, 4) is 11.5 Å². The zero-order valence-corrected chi connectivity index (χ0v) is 16.3. The minimum absolute atomic E-state index is 0.132. The summed E-state index contributed by atoms with van der Waals surface area (Å²) in [6.45, 7) is 5.33. The predicted octanol–water partition coefficient (Wildman–Crippen LogP) is 2.50. The SMILES string of the molecule is C[C@H]1[C@H](C)CCC[C@H]1NC(=O)NC(=O)CN(C)Cc1ccc2c(c1)OCO2. The van der Waals surface area contributed by atoms with Crippen molar-refractivity contribution >= 4 is 11.9 Å². The summed E-state index contributed by atoms with van der Waals surface area (Å²) >= 11 is 0. The number of nitrogens with one attached hydrogen (secondary N) is 2. The number of benzene rings is 1. The molecule has 0 spiro atoms. The third-order valence-electron chi connectivity index (χ3n) is 5.58. The number of amides is 3. The summed E-state index contributed by atoms with van der Waals surface area (Å²) in [5, 5.41) is 5.41. The normalized spacial score (nSPS) is 23.9. The van der Waals surface area contributed by atoms with Gasteiger partial charge in [0.1, 0.15) is 0 Å². The predicted molar refractivity (Wildman–Crippen MR) is 102 cm³/mol. The number of likely N-dealkylation sites (N-methyl/N-ethyl adjacent to an activating group) is 1. The zero-order valence-electron chi connectivity index (χ0n) is 16.3. The smallest absolute Gasteiger partial charge is 0.321 e. The van der Waals surface area contributed by atoms with Gasteiger partial charge in [0.15, 0.2) is 11.5 Å². The number of fused-ring (bicyclic) bond motifs is 1. The number of hydrogen-bond donors (Lipinski definition) is 2. The van der Waals surface area contributed by atoms with Crippen molar-refractivity contribution in [1.82, 2.24) is 15.5 Å². The number of hydrogen-bond acceptors (Lipinski definition) is 5. The van der Waals surface area contributed by atoms with Crippen LogP contribution in [0.2, 0.25) is 0 Å². The highest BCUT2D eigenvalue weighted by Gasteiger charge is 2.28. The van der Waals surface area contributed by atoms with Crippen molar-refractivity contribution in [3.63, 3.8) is 0 Å². The standard InChI is InChI=1S/C20H29N3O4/c1-13-5-4-6-16(14(13)2)21-20(25)22-19(24)11-23(3)10-15-7-8-17-18(9-15)27-12-26-17/h7-9,13-14,16H,4-6,10-12H2,1-3H3,(H2,21,22,24,25)/t13-,14+,16-/m1/s1. The van der Waals surface area contributed by atoms with Crippen molar-refractivity contribution in [2.75, 3.05) is 20.4 Å². The van der Waals surface area contributed by atoms with Crippen LogP contribution in [0.4, 0.5) is 4.79 Å². The molecule has 1 aromatic carbocycles. The molecule has 3 amide bonds. The van der Waals surface area contributed by atoms with Crippen molar-refractivity contribution in [3.05, 3.63) is 23.8 Å². The third-order valence-corrected chi connectivity index (χ3v) is 5.58. The lowest BCUT2D eigenvalue weighted by molar-refractivity contribution is -0.121. The summed E-state index contributed by atoms with van der Waals surface area (Å²) in [5.74, 6) is 2.16. The van der Waals surface area contributed by atoms with Gasteiger partial charge < -0.3 is 14.8 Å². The third kappa shape index (κ3) is 5.13. The maximum atomic E-state index is 12.2. The van der Waals surface area contributed by atoms with Gasteiger partial charge in [0.05, 0.1) is 6.54 Å². The van der Waals surface area contributed by atoms with Crippen LogP contribution in [0.15, 0.2) is 18.2 Å². The number of imide groups is 1. The highest BCUT2D eigenvalue weighted by molar-refractivity contribution is 5.95. The van der Waals surface area contributed by atoms with E-state index in [0.29, 0.717) is 18.4 Å². The van der Waals surface area contributed by atoms with E-state index in [-0.39, 0.29) is 25.3 Å². The molecule has 0 radical (unpaired) electrons. The molecule has 7 heteroatoms. The van der Waals surface area contributed by atoms with Crippen LogP contribution in [0.25, 0.3) is 0 Å². The van der Waals surface area contributed by atoms with Crippen molar-refractivity contribution < 1.29 is 19.1 Å². The van der Waals surface area contributed by atoms with E-state index < -0.39 is 6.03 Å². The van der Waals surface area contributed by atoms with Gasteiger partial charge in [-0.1, -0.05) is 32.8 Å². The molecule has 2 aliphatic rings. The van der Waals surface area contributed by atoms with Gasteiger partial charge in [-0.3, -0.25) is 15.0 Å². The van der Waals surface area contributed by atoms with Gasteiger partial charge in [0.2, 0.25) is 12.7 Å². The van der Waals surface area contributed by atoms with E-state index >= 15 is 0 Å². The quantitative estimate of drug-likeness (QED) is 0.827. The van der Waals surface area contributed by atoms with Crippen LogP contribution in [0.5, 0.6) is 11.5 Å². The number of ether oxygens (including phenoxy) is 2. The Hall–Kier alpha value is -2.28. The number of carbonyl (C=O) groups excluding carboxylic acids is 2. The minimum atomic E-state index is -0.401. The molecule has 1 aliphatic carbocycles. The second kappa shape index (κ2) is 8.61. The average molecular weight is 375 g/mol. The Balaban J connectivity index is 1.43. The Bertz CT molecular complexity index is 694. The van der Waals surface area contributed by atoms with Crippen molar-refractivity contribution in [1.29, 1.82) is 0 Å². The van der Waals surface area contributed by atoms with Crippen LogP contribution in [-0.4, -0.2) is 43.3 Å². The summed E-state index contributed by atoms with van der Waals surface area (Å²) in [6, 6.07) is 5.45. The van der Waals surface area contributed by atoms with Crippen LogP contribution in [0.3, 0.4) is 0 Å². The summed E-state index contributed by atoms with van der Waals surface area (Å²) in [6.07, 6.45) is 3.28. The van der Waals surface area contributed by atoms with E-state index in [1.807, 2.05) is 30.1 Å². The van der Waals surface area contributed by atoms with Gasteiger partial charge in [0, 0.05) is 12.6 Å². The van der Waals surface area contributed by atoms with Crippen LogP contribution in [0, 0.1) is 11.8 Å². The molecule has 0 saturated heterocycles. The van der Waals surface area contributed by atoms with Crippen LogP contribution in [-0.2, 0) is 11.3 Å². The Morgan fingerprint density at radius 2 is 1.96 bits per heavy atom. The molecular weight excluding hydrogens is 346 g/mol. The molecular formula is C20H29N3O4. The van der Waals surface area contributed by atoms with Gasteiger partial charge in [-0.05, 0) is 43.0 Å². The van der Waals surface area contributed by atoms with Gasteiger partial charge in [-0.25, -0.2) is 4.79 Å². The Morgan fingerprint density at radius 1 is 1.19 bits per heavy atom. The molecule has 3 atom stereocenters. The fourth-order valence-corrected chi connectivity index (χ4v) is 3.81. The lowest BCUT2D eigenvalue weighted by atomic mass is 9.78. The summed E-state index contributed by atoms with van der Waals surface area (Å²) < 4.78 is 10.7. The van der Waals surface area contributed by atoms with E-state index in [1.165, 1.54) is 6.42 Å². The lowest BCUT2D eigenvalue weighted by Crippen LogP contribution is -2.50. The number of urea groups is 1. The van der Waals surface area contributed by atoms with E-state index in [1.54, 1.807) is 0 Å². The number of carbonyl (C=O) groups is 2. The van der Waals surface area contributed by atoms with E-state index in [4.69, 9.17) is 9.47 Å². The molecule has 1 aromatic rings. The van der Waals surface area contributed by atoms with E-state index in [0.717, 1.165) is 29.9 Å². The monoisotopic (exact) mass is 375 g/mol. The van der Waals surface area contributed by atoms with Crippen LogP contribution < -0.4 is 20.1 Å². The zero-order chi connectivity index (χ0) is 19.4. The van der Waals surface area contributed by atoms with Crippen molar-refractivity contribution in [2.24, 2.45) is 11.8 Å². The highest BCUT2D eigenvalue weighted by atomic mass is 16.7. The molecule has 0 aromatic heterocycles. The first-order valence-electron chi connectivity index (χ1n) is 9.60. The maximum absolute atomic E-state index is 12.2. The first kappa shape index (κ1) is 19.5. The molecule has 3 rings (SSSR count). The molecule has 1 aliphatic heterocycles. The van der Waals surface area contributed by atoms with Crippen molar-refractivity contribution in [2.45, 2.75) is 45.7 Å². The van der Waals surface area contributed by atoms with Gasteiger partial charge in [0.25, 0.3) is 0 Å². The van der Waals surface area contributed by atoms with Crippen LogP contribution >= 0.6 is 0 Å². The summed E-state index contributed by atoms with van der Waals surface area (Å²) in [5.41, 5.74) is 1.02. The molecule has 1 fully saturated rings. The summed E-state index contributed by atoms with van der Waals surface area (Å²) in [4.78, 5) is 26.2. The first-order valence-corrected chi connectivity index (χ1v) is 9.60. The summed E-state index contributed by atoms with van der Waals surface area (Å²) in [7, 11) is 1.84. The molecule has 1 heterocycles. The lowest BCUT2D eigenvalue weighted by Gasteiger charge is -2.34. The molecule has 148 valence electrons. The fourth-order valence-electron chi connectivity index (χ4n) is 3.81. The van der Waals surface area contributed by atoms with E-state index in [9.17, 15) is 9.59 Å². The molecule has 0 bridgehead atoms. The second-order valence-corrected chi connectivity index (χ2v) is 7.76. The Kier molecular flexibility index (Phi) is 6.21. The Labute approximate surface area is 160 Å². The molecule has 0 unspecified atom stereocenters. The largest absolute Gasteiger partial charge is 0.454 e. The molecule has 2 N–H and O–H groups in total. The first-order chi connectivity index (χ1) is 12.9. The van der Waals surface area contributed by atoms with Gasteiger partial charge in [-0.2, -0.15) is 0 Å². The molecule has 27 heavy (non-hydrogen) atoms. The van der Waals surface area contributed by atoms with E-state index in [2.05, 4.69) is 24.5 Å². The minimum Gasteiger partial charge on any atom is -0.454 e. The topological polar surface area (TPSA) is 79.9 Å². The number of rotatable bonds is 5. The fraction of sp³-hybridized carbons (Fsp3) is 0.600. The second-order valence-electron chi connectivity index (χ2n) is 7.76. The molecule has 1 saturated carbocycles. The number of nitrogens with zero attached hydrogens (tertiary/aromatic N) is 1. The maximum Gasteiger partial charge on any atom is 0.321 e.